The summed E-state index contributed by atoms with van der Waals surface area (Å²) >= 11 is 0. The summed E-state index contributed by atoms with van der Waals surface area (Å²) in [5.74, 6) is 0.243. The number of nitrogens with zero attached hydrogens (tertiary/aromatic N) is 1. The lowest BCUT2D eigenvalue weighted by molar-refractivity contribution is -0.132. The smallest absolute Gasteiger partial charge is 0.227 e. The maximum absolute atomic E-state index is 12.2. The number of nitrogens with one attached hydrogen (secondary N) is 1. The summed E-state index contributed by atoms with van der Waals surface area (Å²) in [5, 5.41) is 3.35. The minimum atomic E-state index is 0.243. The Kier molecular flexibility index (Phi) is 4.15. The van der Waals surface area contributed by atoms with E-state index in [1.807, 2.05) is 35.2 Å². The maximum atomic E-state index is 12.2. The topological polar surface area (TPSA) is 32.3 Å². The number of hydrogen-bond acceptors (Lipinski definition) is 2. The van der Waals surface area contributed by atoms with Crippen molar-refractivity contribution in [3.63, 3.8) is 0 Å². The van der Waals surface area contributed by atoms with Crippen molar-refractivity contribution < 1.29 is 4.79 Å². The van der Waals surface area contributed by atoms with Gasteiger partial charge in [0.05, 0.1) is 6.42 Å². The van der Waals surface area contributed by atoms with Gasteiger partial charge in [-0.3, -0.25) is 4.79 Å². The van der Waals surface area contributed by atoms with Crippen LogP contribution in [0.4, 0.5) is 0 Å². The first kappa shape index (κ1) is 12.1. The fourth-order valence-corrected chi connectivity index (χ4v) is 2.26. The van der Waals surface area contributed by atoms with Crippen LogP contribution in [0.1, 0.15) is 18.9 Å². The minimum absolute atomic E-state index is 0.243. The molecule has 1 aromatic rings. The number of hydrogen-bond donors (Lipinski definition) is 1. The molecule has 0 spiro atoms. The summed E-state index contributed by atoms with van der Waals surface area (Å²) in [6.45, 7) is 4.90. The molecular weight excluding hydrogens is 212 g/mol. The molecule has 3 nitrogen and oxygen atoms in total. The van der Waals surface area contributed by atoms with Gasteiger partial charge in [0.15, 0.2) is 0 Å². The molecule has 0 saturated carbocycles. The van der Waals surface area contributed by atoms with E-state index >= 15 is 0 Å². The number of benzene rings is 1. The molecular formula is C14H20N2O. The Bertz CT molecular complexity index is 364. The van der Waals surface area contributed by atoms with Crippen molar-refractivity contribution in [2.75, 3.05) is 19.6 Å². The van der Waals surface area contributed by atoms with Crippen molar-refractivity contribution in [1.29, 1.82) is 0 Å². The quantitative estimate of drug-likeness (QED) is 0.837. The summed E-state index contributed by atoms with van der Waals surface area (Å²) in [6, 6.07) is 10.3. The fraction of sp³-hybridized carbons (Fsp3) is 0.500. The van der Waals surface area contributed by atoms with Gasteiger partial charge in [-0.1, -0.05) is 30.3 Å². The van der Waals surface area contributed by atoms with E-state index < -0.39 is 0 Å². The second-order valence-corrected chi connectivity index (χ2v) is 4.66. The molecule has 0 aliphatic carbocycles. The molecule has 1 aromatic carbocycles. The lowest BCUT2D eigenvalue weighted by atomic mass is 10.1. The van der Waals surface area contributed by atoms with Crippen LogP contribution in [0.2, 0.25) is 0 Å². The van der Waals surface area contributed by atoms with Crippen molar-refractivity contribution in [3.05, 3.63) is 35.9 Å². The summed E-state index contributed by atoms with van der Waals surface area (Å²) < 4.78 is 0. The van der Waals surface area contributed by atoms with Crippen molar-refractivity contribution in [1.82, 2.24) is 10.2 Å². The largest absolute Gasteiger partial charge is 0.338 e. The Hall–Kier alpha value is -1.35. The Labute approximate surface area is 103 Å². The van der Waals surface area contributed by atoms with Crippen LogP contribution in [0.15, 0.2) is 30.3 Å². The lowest BCUT2D eigenvalue weighted by Gasteiger charge is -2.27. The second-order valence-electron chi connectivity index (χ2n) is 4.66. The van der Waals surface area contributed by atoms with E-state index in [4.69, 9.17) is 0 Å². The zero-order chi connectivity index (χ0) is 12.1. The van der Waals surface area contributed by atoms with Crippen LogP contribution in [0.5, 0.6) is 0 Å². The van der Waals surface area contributed by atoms with Crippen molar-refractivity contribution in [3.8, 4) is 0 Å². The van der Waals surface area contributed by atoms with Crippen molar-refractivity contribution in [2.45, 2.75) is 25.8 Å². The SMILES string of the molecule is CC1CNCCCN1C(=O)Cc1ccccc1. The maximum Gasteiger partial charge on any atom is 0.227 e. The number of amides is 1. The van der Waals surface area contributed by atoms with E-state index in [-0.39, 0.29) is 5.91 Å². The number of carbonyl (C=O) groups excluding carboxylic acids is 1. The Morgan fingerprint density at radius 2 is 2.18 bits per heavy atom. The average Bonchev–Trinajstić information content (AvgIpc) is 2.55. The number of carbonyl (C=O) groups is 1. The van der Waals surface area contributed by atoms with Crippen LogP contribution in [0.3, 0.4) is 0 Å². The molecule has 17 heavy (non-hydrogen) atoms. The van der Waals surface area contributed by atoms with Crippen LogP contribution < -0.4 is 5.32 Å². The molecule has 1 aliphatic heterocycles. The highest BCUT2D eigenvalue weighted by atomic mass is 16.2. The van der Waals surface area contributed by atoms with Gasteiger partial charge in [0, 0.05) is 19.1 Å². The van der Waals surface area contributed by atoms with Gasteiger partial charge in [-0.05, 0) is 25.5 Å². The molecule has 1 fully saturated rings. The zero-order valence-electron chi connectivity index (χ0n) is 10.4. The molecule has 1 atom stereocenters. The van der Waals surface area contributed by atoms with E-state index in [2.05, 4.69) is 12.2 Å². The molecule has 1 aliphatic rings. The van der Waals surface area contributed by atoms with Crippen LogP contribution in [-0.4, -0.2) is 36.5 Å². The molecule has 3 heteroatoms. The number of rotatable bonds is 2. The second kappa shape index (κ2) is 5.82. The molecule has 0 radical (unpaired) electrons. The van der Waals surface area contributed by atoms with Crippen LogP contribution >= 0.6 is 0 Å². The van der Waals surface area contributed by atoms with Crippen molar-refractivity contribution >= 4 is 5.91 Å². The first-order valence-corrected chi connectivity index (χ1v) is 6.31. The Morgan fingerprint density at radius 3 is 2.94 bits per heavy atom. The Morgan fingerprint density at radius 1 is 1.41 bits per heavy atom. The third-order valence-corrected chi connectivity index (χ3v) is 3.24. The molecule has 0 aromatic heterocycles. The van der Waals surface area contributed by atoms with Gasteiger partial charge >= 0.3 is 0 Å². The normalized spacial score (nSPS) is 21.0. The zero-order valence-corrected chi connectivity index (χ0v) is 10.4. The summed E-state index contributed by atoms with van der Waals surface area (Å²) in [4.78, 5) is 14.2. The molecule has 1 saturated heterocycles. The lowest BCUT2D eigenvalue weighted by Crippen LogP contribution is -2.42. The highest BCUT2D eigenvalue weighted by Gasteiger charge is 2.21. The highest BCUT2D eigenvalue weighted by Crippen LogP contribution is 2.08. The fourth-order valence-electron chi connectivity index (χ4n) is 2.26. The third-order valence-electron chi connectivity index (χ3n) is 3.24. The monoisotopic (exact) mass is 232 g/mol. The minimum Gasteiger partial charge on any atom is -0.338 e. The third kappa shape index (κ3) is 3.30. The van der Waals surface area contributed by atoms with E-state index in [0.29, 0.717) is 12.5 Å². The highest BCUT2D eigenvalue weighted by molar-refractivity contribution is 5.79. The molecule has 1 amide bonds. The summed E-state index contributed by atoms with van der Waals surface area (Å²) in [6.07, 6.45) is 1.57. The van der Waals surface area contributed by atoms with Crippen LogP contribution in [-0.2, 0) is 11.2 Å². The van der Waals surface area contributed by atoms with E-state index in [1.54, 1.807) is 0 Å². The van der Waals surface area contributed by atoms with Gasteiger partial charge in [-0.2, -0.15) is 0 Å². The molecule has 0 bridgehead atoms. The van der Waals surface area contributed by atoms with E-state index in [9.17, 15) is 4.79 Å². The molecule has 2 rings (SSSR count). The van der Waals surface area contributed by atoms with Gasteiger partial charge in [0.2, 0.25) is 5.91 Å². The van der Waals surface area contributed by atoms with Crippen molar-refractivity contribution in [2.24, 2.45) is 0 Å². The standard InChI is InChI=1S/C14H20N2O/c1-12-11-15-8-5-9-16(12)14(17)10-13-6-3-2-4-7-13/h2-4,6-7,12,15H,5,8-11H2,1H3. The van der Waals surface area contributed by atoms with E-state index in [1.165, 1.54) is 0 Å². The molecule has 1 heterocycles. The molecule has 1 unspecified atom stereocenters. The van der Waals surface area contributed by atoms with Gasteiger partial charge < -0.3 is 10.2 Å². The molecule has 92 valence electrons. The van der Waals surface area contributed by atoms with E-state index in [0.717, 1.165) is 31.6 Å². The van der Waals surface area contributed by atoms with Gasteiger partial charge in [-0.25, -0.2) is 0 Å². The Balaban J connectivity index is 1.99. The molecule has 1 N–H and O–H groups in total. The van der Waals surface area contributed by atoms with Gasteiger partial charge in [0.25, 0.3) is 0 Å². The average molecular weight is 232 g/mol. The van der Waals surface area contributed by atoms with Crippen LogP contribution in [0, 0.1) is 0 Å². The predicted octanol–water partition coefficient (Wildman–Crippen LogP) is 1.44. The summed E-state index contributed by atoms with van der Waals surface area (Å²) in [5.41, 5.74) is 1.10. The summed E-state index contributed by atoms with van der Waals surface area (Å²) in [7, 11) is 0. The van der Waals surface area contributed by atoms with Gasteiger partial charge in [-0.15, -0.1) is 0 Å². The van der Waals surface area contributed by atoms with Gasteiger partial charge in [0.1, 0.15) is 0 Å². The predicted molar refractivity (Wildman–Crippen MR) is 68.8 cm³/mol. The first-order valence-electron chi connectivity index (χ1n) is 6.31. The van der Waals surface area contributed by atoms with Crippen LogP contribution in [0.25, 0.3) is 0 Å². The first-order chi connectivity index (χ1) is 8.27.